The number of aliphatic imine (C=N–C) groups is 1. The lowest BCUT2D eigenvalue weighted by Gasteiger charge is -2.16. The molecule has 2 aliphatic carbocycles. The third-order valence-corrected chi connectivity index (χ3v) is 4.19. The predicted octanol–water partition coefficient (Wildman–Crippen LogP) is 2.58. The summed E-state index contributed by atoms with van der Waals surface area (Å²) in [7, 11) is 1.67. The zero-order valence-corrected chi connectivity index (χ0v) is 13.2. The van der Waals surface area contributed by atoms with Crippen molar-refractivity contribution in [2.75, 3.05) is 7.11 Å². The summed E-state index contributed by atoms with van der Waals surface area (Å²) in [6.07, 6.45) is 7.46. The number of benzene rings is 1. The van der Waals surface area contributed by atoms with Gasteiger partial charge in [0.25, 0.3) is 0 Å². The van der Waals surface area contributed by atoms with E-state index in [4.69, 9.17) is 15.2 Å². The average molecular weight is 303 g/mol. The Bertz CT molecular complexity index is 535. The van der Waals surface area contributed by atoms with Gasteiger partial charge in [-0.25, -0.2) is 4.99 Å². The van der Waals surface area contributed by atoms with Gasteiger partial charge in [-0.15, -0.1) is 0 Å². The number of nitrogens with two attached hydrogens (primary N) is 1. The topological polar surface area (TPSA) is 68.9 Å². The number of ether oxygens (including phenoxy) is 2. The Morgan fingerprint density at radius 1 is 1.23 bits per heavy atom. The maximum absolute atomic E-state index is 6.10. The van der Waals surface area contributed by atoms with Crippen molar-refractivity contribution in [1.82, 2.24) is 5.32 Å². The molecule has 3 rings (SSSR count). The molecular formula is C17H25N3O2. The Hall–Kier alpha value is -1.91. The Balaban J connectivity index is 1.65. The second-order valence-corrected chi connectivity index (χ2v) is 6.13. The third kappa shape index (κ3) is 4.06. The van der Waals surface area contributed by atoms with Gasteiger partial charge in [-0.2, -0.15) is 0 Å². The van der Waals surface area contributed by atoms with Crippen LogP contribution in [0.2, 0.25) is 0 Å². The van der Waals surface area contributed by atoms with Crippen molar-refractivity contribution in [2.45, 2.75) is 57.2 Å². The van der Waals surface area contributed by atoms with Gasteiger partial charge in [0.2, 0.25) is 0 Å². The van der Waals surface area contributed by atoms with Crippen LogP contribution < -0.4 is 20.5 Å². The first-order chi connectivity index (χ1) is 10.7. The molecule has 3 N–H and O–H groups in total. The molecule has 0 unspecified atom stereocenters. The highest BCUT2D eigenvalue weighted by Gasteiger charge is 2.21. The van der Waals surface area contributed by atoms with E-state index in [1.54, 1.807) is 7.11 Å². The van der Waals surface area contributed by atoms with Gasteiger partial charge in [-0.05, 0) is 56.2 Å². The van der Waals surface area contributed by atoms with E-state index in [0.29, 0.717) is 24.7 Å². The number of nitrogens with zero attached hydrogens (tertiary/aromatic N) is 1. The SMILES string of the molecule is COc1ccc(CN=C(N)NC2CC2)cc1OC1CCCC1. The summed E-state index contributed by atoms with van der Waals surface area (Å²) in [4.78, 5) is 4.39. The van der Waals surface area contributed by atoms with Crippen molar-refractivity contribution >= 4 is 5.96 Å². The van der Waals surface area contributed by atoms with Crippen molar-refractivity contribution in [2.24, 2.45) is 10.7 Å². The second kappa shape index (κ2) is 6.90. The lowest BCUT2D eigenvalue weighted by Crippen LogP contribution is -2.33. The summed E-state index contributed by atoms with van der Waals surface area (Å²) >= 11 is 0. The maximum atomic E-state index is 6.10. The molecule has 2 aliphatic rings. The van der Waals surface area contributed by atoms with E-state index < -0.39 is 0 Å². The summed E-state index contributed by atoms with van der Waals surface area (Å²) in [5.41, 5.74) is 6.95. The molecule has 2 saturated carbocycles. The Labute approximate surface area is 131 Å². The standard InChI is InChI=1S/C17H25N3O2/c1-21-15-9-6-12(11-19-17(18)20-13-7-8-13)10-16(15)22-14-4-2-3-5-14/h6,9-10,13-14H,2-5,7-8,11H2,1H3,(H3,18,19,20). The largest absolute Gasteiger partial charge is 0.493 e. The summed E-state index contributed by atoms with van der Waals surface area (Å²) in [6.45, 7) is 0.552. The normalized spacial score (nSPS) is 19.2. The van der Waals surface area contributed by atoms with Crippen LogP contribution in [0.3, 0.4) is 0 Å². The number of rotatable bonds is 6. The fourth-order valence-corrected chi connectivity index (χ4v) is 2.76. The summed E-state index contributed by atoms with van der Waals surface area (Å²) in [5.74, 6) is 2.12. The van der Waals surface area contributed by atoms with Crippen LogP contribution in [0, 0.1) is 0 Å². The van der Waals surface area contributed by atoms with Gasteiger partial charge in [0.05, 0.1) is 19.8 Å². The molecule has 0 aliphatic heterocycles. The van der Waals surface area contributed by atoms with Gasteiger partial charge >= 0.3 is 0 Å². The number of hydrogen-bond acceptors (Lipinski definition) is 3. The van der Waals surface area contributed by atoms with E-state index in [9.17, 15) is 0 Å². The van der Waals surface area contributed by atoms with Crippen LogP contribution in [0.4, 0.5) is 0 Å². The molecule has 5 heteroatoms. The number of hydrogen-bond donors (Lipinski definition) is 2. The van der Waals surface area contributed by atoms with Crippen LogP contribution in [-0.4, -0.2) is 25.2 Å². The average Bonchev–Trinajstić information content (AvgIpc) is 3.18. The second-order valence-electron chi connectivity index (χ2n) is 6.13. The monoisotopic (exact) mass is 303 g/mol. The van der Waals surface area contributed by atoms with Gasteiger partial charge in [-0.1, -0.05) is 6.07 Å². The van der Waals surface area contributed by atoms with Crippen LogP contribution >= 0.6 is 0 Å². The van der Waals surface area contributed by atoms with Crippen LogP contribution in [0.15, 0.2) is 23.2 Å². The smallest absolute Gasteiger partial charge is 0.189 e. The Morgan fingerprint density at radius 2 is 2.00 bits per heavy atom. The van der Waals surface area contributed by atoms with Crippen LogP contribution in [0.5, 0.6) is 11.5 Å². The highest BCUT2D eigenvalue weighted by molar-refractivity contribution is 5.78. The van der Waals surface area contributed by atoms with E-state index in [2.05, 4.69) is 10.3 Å². The highest BCUT2D eigenvalue weighted by Crippen LogP contribution is 2.32. The zero-order chi connectivity index (χ0) is 15.4. The molecule has 0 amide bonds. The molecule has 5 nitrogen and oxygen atoms in total. The fraction of sp³-hybridized carbons (Fsp3) is 0.588. The van der Waals surface area contributed by atoms with Crippen LogP contribution in [0.25, 0.3) is 0 Å². The van der Waals surface area contributed by atoms with Crippen molar-refractivity contribution < 1.29 is 9.47 Å². The van der Waals surface area contributed by atoms with Gasteiger partial charge < -0.3 is 20.5 Å². The summed E-state index contributed by atoms with van der Waals surface area (Å²) < 4.78 is 11.5. The number of guanidine groups is 1. The molecule has 0 heterocycles. The maximum Gasteiger partial charge on any atom is 0.189 e. The van der Waals surface area contributed by atoms with Crippen LogP contribution in [0.1, 0.15) is 44.1 Å². The molecule has 0 bridgehead atoms. The summed E-state index contributed by atoms with van der Waals surface area (Å²) in [5, 5.41) is 3.19. The molecule has 0 saturated heterocycles. The minimum atomic E-state index is 0.314. The van der Waals surface area contributed by atoms with Crippen LogP contribution in [-0.2, 0) is 6.54 Å². The minimum absolute atomic E-state index is 0.314. The third-order valence-electron chi connectivity index (χ3n) is 4.19. The molecule has 1 aromatic carbocycles. The van der Waals surface area contributed by atoms with E-state index in [0.717, 1.165) is 29.9 Å². The number of nitrogens with one attached hydrogen (secondary N) is 1. The molecule has 2 fully saturated rings. The number of methoxy groups -OCH3 is 1. The molecule has 120 valence electrons. The Kier molecular flexibility index (Phi) is 4.71. The molecular weight excluding hydrogens is 278 g/mol. The lowest BCUT2D eigenvalue weighted by atomic mass is 10.2. The quantitative estimate of drug-likeness (QED) is 0.626. The van der Waals surface area contributed by atoms with E-state index in [-0.39, 0.29) is 0 Å². The van der Waals surface area contributed by atoms with Crippen molar-refractivity contribution in [3.8, 4) is 11.5 Å². The molecule has 0 spiro atoms. The first-order valence-corrected chi connectivity index (χ1v) is 8.14. The highest BCUT2D eigenvalue weighted by atomic mass is 16.5. The molecule has 22 heavy (non-hydrogen) atoms. The van der Waals surface area contributed by atoms with Crippen molar-refractivity contribution in [1.29, 1.82) is 0 Å². The minimum Gasteiger partial charge on any atom is -0.493 e. The van der Waals surface area contributed by atoms with E-state index >= 15 is 0 Å². The molecule has 0 atom stereocenters. The fourth-order valence-electron chi connectivity index (χ4n) is 2.76. The zero-order valence-electron chi connectivity index (χ0n) is 13.2. The molecule has 1 aromatic rings. The van der Waals surface area contributed by atoms with Crippen molar-refractivity contribution in [3.63, 3.8) is 0 Å². The van der Waals surface area contributed by atoms with Gasteiger partial charge in [0.1, 0.15) is 0 Å². The predicted molar refractivity (Wildman–Crippen MR) is 87.4 cm³/mol. The van der Waals surface area contributed by atoms with Gasteiger partial charge in [0, 0.05) is 6.04 Å². The lowest BCUT2D eigenvalue weighted by molar-refractivity contribution is 0.200. The first kappa shape index (κ1) is 15.0. The first-order valence-electron chi connectivity index (χ1n) is 8.14. The Morgan fingerprint density at radius 3 is 2.68 bits per heavy atom. The summed E-state index contributed by atoms with van der Waals surface area (Å²) in [6, 6.07) is 6.50. The van der Waals surface area contributed by atoms with Gasteiger partial charge in [0.15, 0.2) is 17.5 Å². The van der Waals surface area contributed by atoms with E-state index in [1.165, 1.54) is 25.7 Å². The van der Waals surface area contributed by atoms with Gasteiger partial charge in [-0.3, -0.25) is 0 Å². The van der Waals surface area contributed by atoms with E-state index in [1.807, 2.05) is 18.2 Å². The van der Waals surface area contributed by atoms with Crippen molar-refractivity contribution in [3.05, 3.63) is 23.8 Å². The molecule has 0 aromatic heterocycles. The molecule has 0 radical (unpaired) electrons.